The van der Waals surface area contributed by atoms with Crippen molar-refractivity contribution in [3.63, 3.8) is 0 Å². The van der Waals surface area contributed by atoms with E-state index >= 15 is 0 Å². The van der Waals surface area contributed by atoms with Crippen LogP contribution in [0.3, 0.4) is 0 Å². The number of aryl methyl sites for hydroxylation is 1. The normalized spacial score (nSPS) is 15.5. The van der Waals surface area contributed by atoms with E-state index in [1.807, 2.05) is 57.2 Å². The number of ether oxygens (including phenoxy) is 4. The van der Waals surface area contributed by atoms with Gasteiger partial charge in [0, 0.05) is 17.1 Å². The summed E-state index contributed by atoms with van der Waals surface area (Å²) in [7, 11) is 0. The minimum Gasteiger partial charge on any atom is -0.463 e. The first-order valence-electron chi connectivity index (χ1n) is 15.3. The number of aromatic nitrogens is 2. The van der Waals surface area contributed by atoms with E-state index in [-0.39, 0.29) is 24.9 Å². The predicted molar refractivity (Wildman–Crippen MR) is 173 cm³/mol. The Morgan fingerprint density at radius 1 is 0.978 bits per heavy atom. The zero-order chi connectivity index (χ0) is 32.5. The molecule has 6 rings (SSSR count). The SMILES string of the molecule is CCCC1=C(C(=O)OCC)[C@H](c2ccc3c(c2)OCO3)n2c(s/c(=C\c3cc(C)n(-c4ccc(C(=O)OCC)cc4)c3C)c2=O)=N1. The largest absolute Gasteiger partial charge is 0.463 e. The minimum absolute atomic E-state index is 0.108. The average molecular weight is 642 g/mol. The van der Waals surface area contributed by atoms with Crippen LogP contribution in [0.2, 0.25) is 0 Å². The van der Waals surface area contributed by atoms with E-state index in [0.717, 1.165) is 29.1 Å². The summed E-state index contributed by atoms with van der Waals surface area (Å²) in [4.78, 5) is 45.3. The molecule has 0 radical (unpaired) electrons. The van der Waals surface area contributed by atoms with Gasteiger partial charge in [0.15, 0.2) is 16.3 Å². The van der Waals surface area contributed by atoms with Crippen LogP contribution in [-0.4, -0.2) is 41.1 Å². The Morgan fingerprint density at radius 3 is 2.41 bits per heavy atom. The molecule has 2 aliphatic rings. The number of carbonyl (C=O) groups is 2. The van der Waals surface area contributed by atoms with Crippen LogP contribution in [0, 0.1) is 13.8 Å². The molecule has 0 saturated heterocycles. The fraction of sp³-hybridized carbons (Fsp3) is 0.314. The number of benzene rings is 2. The average Bonchev–Trinajstić information content (AvgIpc) is 3.72. The first-order chi connectivity index (χ1) is 22.2. The van der Waals surface area contributed by atoms with Crippen LogP contribution in [0.25, 0.3) is 11.8 Å². The molecule has 0 bridgehead atoms. The van der Waals surface area contributed by atoms with Gasteiger partial charge in [-0.1, -0.05) is 30.7 Å². The van der Waals surface area contributed by atoms with E-state index in [2.05, 4.69) is 4.57 Å². The van der Waals surface area contributed by atoms with E-state index in [4.69, 9.17) is 23.9 Å². The molecule has 0 amide bonds. The molecule has 0 saturated carbocycles. The minimum atomic E-state index is -0.751. The Morgan fingerprint density at radius 2 is 1.70 bits per heavy atom. The monoisotopic (exact) mass is 641 g/mol. The number of carbonyl (C=O) groups excluding carboxylic acids is 2. The fourth-order valence-electron chi connectivity index (χ4n) is 5.95. The third kappa shape index (κ3) is 5.55. The molecule has 11 heteroatoms. The molecule has 238 valence electrons. The van der Waals surface area contributed by atoms with E-state index in [1.54, 1.807) is 36.6 Å². The third-order valence-electron chi connectivity index (χ3n) is 8.00. The van der Waals surface area contributed by atoms with Crippen LogP contribution in [-0.2, 0) is 14.3 Å². The second kappa shape index (κ2) is 12.8. The standard InChI is InChI=1S/C35H35N3O7S/c1-6-9-26-30(34(41)43-8-3)31(23-12-15-27-28(17-23)45-19-44-27)38-32(39)29(46-35(38)36-26)18-24-16-20(4)37(21(24)5)25-13-10-22(11-14-25)33(40)42-7-2/h10-18,31H,6-9,19H2,1-5H3/b29-18-/t31-/m0/s1. The number of fused-ring (bicyclic) bond motifs is 2. The lowest BCUT2D eigenvalue weighted by molar-refractivity contribution is -0.139. The van der Waals surface area contributed by atoms with Gasteiger partial charge in [-0.2, -0.15) is 0 Å². The summed E-state index contributed by atoms with van der Waals surface area (Å²) in [5, 5.41) is 0. The summed E-state index contributed by atoms with van der Waals surface area (Å²) >= 11 is 1.29. The number of thiazole rings is 1. The number of esters is 2. The molecule has 1 atom stereocenters. The van der Waals surface area contributed by atoms with Gasteiger partial charge in [0.25, 0.3) is 5.56 Å². The Labute approximate surface area is 269 Å². The van der Waals surface area contributed by atoms with Crippen LogP contribution in [0.1, 0.15) is 72.5 Å². The van der Waals surface area contributed by atoms with Crippen molar-refractivity contribution in [2.24, 2.45) is 4.99 Å². The van der Waals surface area contributed by atoms with Crippen LogP contribution in [0.15, 0.2) is 69.6 Å². The lowest BCUT2D eigenvalue weighted by Gasteiger charge is -2.25. The predicted octanol–water partition coefficient (Wildman–Crippen LogP) is 4.89. The van der Waals surface area contributed by atoms with Gasteiger partial charge in [-0.15, -0.1) is 0 Å². The molecule has 0 N–H and O–H groups in total. The topological polar surface area (TPSA) is 110 Å². The Hall–Kier alpha value is -4.90. The van der Waals surface area contributed by atoms with Crippen molar-refractivity contribution in [1.29, 1.82) is 0 Å². The third-order valence-corrected chi connectivity index (χ3v) is 8.98. The molecule has 0 spiro atoms. The molecule has 0 fully saturated rings. The molecular weight excluding hydrogens is 606 g/mol. The summed E-state index contributed by atoms with van der Waals surface area (Å²) in [6, 6.07) is 14.0. The zero-order valence-corrected chi connectivity index (χ0v) is 27.2. The van der Waals surface area contributed by atoms with E-state index in [1.165, 1.54) is 11.3 Å². The summed E-state index contributed by atoms with van der Waals surface area (Å²) in [6.07, 6.45) is 3.19. The maximum atomic E-state index is 14.3. The van der Waals surface area contributed by atoms with Gasteiger partial charge < -0.3 is 23.5 Å². The molecular formula is C35H35N3O7S. The first-order valence-corrected chi connectivity index (χ1v) is 16.1. The highest BCUT2D eigenvalue weighted by Crippen LogP contribution is 2.39. The van der Waals surface area contributed by atoms with Crippen LogP contribution >= 0.6 is 11.3 Å². The van der Waals surface area contributed by atoms with Gasteiger partial charge in [0.05, 0.1) is 40.6 Å². The highest BCUT2D eigenvalue weighted by atomic mass is 32.1. The quantitative estimate of drug-likeness (QED) is 0.239. The van der Waals surface area contributed by atoms with Gasteiger partial charge in [-0.25, -0.2) is 14.6 Å². The molecule has 2 aliphatic heterocycles. The summed E-state index contributed by atoms with van der Waals surface area (Å²) < 4.78 is 25.9. The summed E-state index contributed by atoms with van der Waals surface area (Å²) in [6.45, 7) is 10.2. The van der Waals surface area contributed by atoms with Gasteiger partial charge in [-0.05, 0) is 93.8 Å². The number of hydrogen-bond acceptors (Lipinski definition) is 9. The number of hydrogen-bond donors (Lipinski definition) is 0. The van der Waals surface area contributed by atoms with Crippen molar-refractivity contribution < 1.29 is 28.5 Å². The molecule has 2 aromatic carbocycles. The van der Waals surface area contributed by atoms with E-state index < -0.39 is 12.0 Å². The highest BCUT2D eigenvalue weighted by Gasteiger charge is 2.35. The van der Waals surface area contributed by atoms with Gasteiger partial charge in [0.1, 0.15) is 0 Å². The Kier molecular flexibility index (Phi) is 8.68. The number of rotatable bonds is 9. The van der Waals surface area contributed by atoms with Gasteiger partial charge in [0.2, 0.25) is 6.79 Å². The van der Waals surface area contributed by atoms with Crippen molar-refractivity contribution in [2.45, 2.75) is 53.5 Å². The molecule has 46 heavy (non-hydrogen) atoms. The fourth-order valence-corrected chi connectivity index (χ4v) is 6.96. The maximum Gasteiger partial charge on any atom is 0.338 e. The summed E-state index contributed by atoms with van der Waals surface area (Å²) in [5.41, 5.74) is 5.54. The number of nitrogens with zero attached hydrogens (tertiary/aromatic N) is 3. The Balaban J connectivity index is 1.48. The van der Waals surface area contributed by atoms with Crippen molar-refractivity contribution in [1.82, 2.24) is 9.13 Å². The molecule has 2 aromatic heterocycles. The van der Waals surface area contributed by atoms with Crippen LogP contribution in [0.4, 0.5) is 0 Å². The molecule has 4 heterocycles. The van der Waals surface area contributed by atoms with Crippen molar-refractivity contribution in [2.75, 3.05) is 20.0 Å². The first kappa shape index (κ1) is 31.1. The maximum absolute atomic E-state index is 14.3. The van der Waals surface area contributed by atoms with Gasteiger partial charge >= 0.3 is 11.9 Å². The Bertz CT molecular complexity index is 2050. The molecule has 0 unspecified atom stereocenters. The smallest absolute Gasteiger partial charge is 0.338 e. The zero-order valence-electron chi connectivity index (χ0n) is 26.4. The summed E-state index contributed by atoms with van der Waals surface area (Å²) in [5.74, 6) is 0.305. The molecule has 4 aromatic rings. The highest BCUT2D eigenvalue weighted by molar-refractivity contribution is 7.07. The van der Waals surface area contributed by atoms with E-state index in [0.29, 0.717) is 56.3 Å². The second-order valence-corrected chi connectivity index (χ2v) is 12.0. The van der Waals surface area contributed by atoms with Gasteiger partial charge in [-0.3, -0.25) is 9.36 Å². The second-order valence-electron chi connectivity index (χ2n) is 11.0. The van der Waals surface area contributed by atoms with Crippen LogP contribution < -0.4 is 24.4 Å². The molecule has 10 nitrogen and oxygen atoms in total. The van der Waals surface area contributed by atoms with Crippen LogP contribution in [0.5, 0.6) is 11.5 Å². The van der Waals surface area contributed by atoms with E-state index in [9.17, 15) is 14.4 Å². The van der Waals surface area contributed by atoms with Crippen molar-refractivity contribution >= 4 is 29.4 Å². The van der Waals surface area contributed by atoms with Crippen molar-refractivity contribution in [3.8, 4) is 17.2 Å². The lowest BCUT2D eigenvalue weighted by Crippen LogP contribution is -2.40. The van der Waals surface area contributed by atoms with Crippen molar-refractivity contribution in [3.05, 3.63) is 108 Å². The number of allylic oxidation sites excluding steroid dienone is 1. The lowest BCUT2D eigenvalue weighted by atomic mass is 9.94. The molecule has 0 aliphatic carbocycles.